The zero-order valence-electron chi connectivity index (χ0n) is 11.9. The van der Waals surface area contributed by atoms with Crippen molar-refractivity contribution in [3.8, 4) is 0 Å². The van der Waals surface area contributed by atoms with E-state index in [1.54, 1.807) is 0 Å². The Morgan fingerprint density at radius 2 is 2.16 bits per heavy atom. The molecule has 0 aromatic heterocycles. The number of carbonyl (C=O) groups excluding carboxylic acids is 1. The Kier molecular flexibility index (Phi) is 5.60. The summed E-state index contributed by atoms with van der Waals surface area (Å²) in [4.78, 5) is 13.7. The van der Waals surface area contributed by atoms with Gasteiger partial charge in [0.25, 0.3) is 0 Å². The fourth-order valence-electron chi connectivity index (χ4n) is 3.01. The molecule has 1 heterocycles. The van der Waals surface area contributed by atoms with Crippen LogP contribution in [0, 0.1) is 5.92 Å². The van der Waals surface area contributed by atoms with Gasteiger partial charge in [0.15, 0.2) is 0 Å². The van der Waals surface area contributed by atoms with E-state index < -0.39 is 0 Å². The Hall–Kier alpha value is -0.650. The van der Waals surface area contributed by atoms with Crippen LogP contribution < -0.4 is 11.1 Å². The second-order valence-electron chi connectivity index (χ2n) is 5.90. The first-order chi connectivity index (χ1) is 9.21. The number of nitrogens with two attached hydrogens (primary N) is 1. The lowest BCUT2D eigenvalue weighted by atomic mass is 9.90. The molecule has 1 saturated carbocycles. The van der Waals surface area contributed by atoms with Crippen LogP contribution in [0.1, 0.15) is 32.1 Å². The fourth-order valence-corrected chi connectivity index (χ4v) is 3.01. The molecule has 1 saturated heterocycles. The van der Waals surface area contributed by atoms with Crippen LogP contribution in [0.25, 0.3) is 0 Å². The maximum atomic E-state index is 11.3. The lowest BCUT2D eigenvalue weighted by molar-refractivity contribution is -0.141. The molecule has 0 aromatic rings. The monoisotopic (exact) mass is 269 g/mol. The number of ether oxygens (including phenoxy) is 1. The second-order valence-corrected chi connectivity index (χ2v) is 5.90. The minimum Gasteiger partial charge on any atom is -0.469 e. The largest absolute Gasteiger partial charge is 0.469 e. The van der Waals surface area contributed by atoms with Crippen LogP contribution in [0.15, 0.2) is 0 Å². The molecule has 2 rings (SSSR count). The highest BCUT2D eigenvalue weighted by Gasteiger charge is 2.31. The average molecular weight is 269 g/mol. The van der Waals surface area contributed by atoms with Gasteiger partial charge in [0.2, 0.25) is 0 Å². The minimum atomic E-state index is -0.0948. The molecule has 19 heavy (non-hydrogen) atoms. The van der Waals surface area contributed by atoms with Gasteiger partial charge in [-0.25, -0.2) is 0 Å². The molecule has 110 valence electrons. The van der Waals surface area contributed by atoms with Crippen LogP contribution in [-0.4, -0.2) is 56.2 Å². The molecular formula is C14H27N3O2. The lowest BCUT2D eigenvalue weighted by Crippen LogP contribution is -2.51. The average Bonchev–Trinajstić information content (AvgIpc) is 3.20. The SMILES string of the molecule is COC(=O)CCC1CC(NC2CC2)CN(CCN)C1. The van der Waals surface area contributed by atoms with Crippen molar-refractivity contribution in [1.82, 2.24) is 10.2 Å². The van der Waals surface area contributed by atoms with Crippen LogP contribution in [0.5, 0.6) is 0 Å². The summed E-state index contributed by atoms with van der Waals surface area (Å²) in [6, 6.07) is 1.31. The molecule has 0 amide bonds. The zero-order chi connectivity index (χ0) is 13.7. The van der Waals surface area contributed by atoms with Crippen molar-refractivity contribution in [2.45, 2.75) is 44.2 Å². The summed E-state index contributed by atoms with van der Waals surface area (Å²) >= 11 is 0. The minimum absolute atomic E-state index is 0.0948. The zero-order valence-corrected chi connectivity index (χ0v) is 11.9. The van der Waals surface area contributed by atoms with Gasteiger partial charge in [-0.1, -0.05) is 0 Å². The van der Waals surface area contributed by atoms with E-state index in [1.807, 2.05) is 0 Å². The van der Waals surface area contributed by atoms with Crippen molar-refractivity contribution in [2.24, 2.45) is 11.7 Å². The Labute approximate surface area is 115 Å². The third-order valence-electron chi connectivity index (χ3n) is 4.09. The summed E-state index contributed by atoms with van der Waals surface area (Å²) in [6.45, 7) is 3.83. The molecule has 2 fully saturated rings. The highest BCUT2D eigenvalue weighted by atomic mass is 16.5. The van der Waals surface area contributed by atoms with Gasteiger partial charge < -0.3 is 20.7 Å². The summed E-state index contributed by atoms with van der Waals surface area (Å²) in [5, 5.41) is 3.71. The molecule has 0 bridgehead atoms. The number of esters is 1. The van der Waals surface area contributed by atoms with E-state index >= 15 is 0 Å². The maximum Gasteiger partial charge on any atom is 0.305 e. The summed E-state index contributed by atoms with van der Waals surface area (Å²) in [5.74, 6) is 0.485. The topological polar surface area (TPSA) is 67.6 Å². The third kappa shape index (κ3) is 5.09. The van der Waals surface area contributed by atoms with Crippen molar-refractivity contribution < 1.29 is 9.53 Å². The van der Waals surface area contributed by atoms with Gasteiger partial charge in [-0.3, -0.25) is 4.79 Å². The Balaban J connectivity index is 1.80. The maximum absolute atomic E-state index is 11.3. The van der Waals surface area contributed by atoms with Crippen LogP contribution in [-0.2, 0) is 9.53 Å². The van der Waals surface area contributed by atoms with Gasteiger partial charge in [-0.15, -0.1) is 0 Å². The van der Waals surface area contributed by atoms with Gasteiger partial charge in [-0.2, -0.15) is 0 Å². The van der Waals surface area contributed by atoms with Crippen molar-refractivity contribution in [2.75, 3.05) is 33.3 Å². The number of hydrogen-bond donors (Lipinski definition) is 2. The normalized spacial score (nSPS) is 28.3. The predicted octanol–water partition coefficient (Wildman–Crippen LogP) is 0.341. The van der Waals surface area contributed by atoms with Crippen LogP contribution >= 0.6 is 0 Å². The smallest absolute Gasteiger partial charge is 0.305 e. The van der Waals surface area contributed by atoms with Gasteiger partial charge in [0.1, 0.15) is 0 Å². The standard InChI is InChI=1S/C14H27N3O2/c1-19-14(18)5-2-11-8-13(16-12-3-4-12)10-17(9-11)7-6-15/h11-13,16H,2-10,15H2,1H3. The molecule has 2 atom stereocenters. The number of piperidine rings is 1. The van der Waals surface area contributed by atoms with E-state index in [0.29, 0.717) is 24.9 Å². The molecule has 3 N–H and O–H groups in total. The molecule has 5 nitrogen and oxygen atoms in total. The number of hydrogen-bond acceptors (Lipinski definition) is 5. The van der Waals surface area contributed by atoms with E-state index in [1.165, 1.54) is 26.4 Å². The Morgan fingerprint density at radius 3 is 2.79 bits per heavy atom. The quantitative estimate of drug-likeness (QED) is 0.652. The van der Waals surface area contributed by atoms with E-state index in [4.69, 9.17) is 10.5 Å². The number of likely N-dealkylation sites (tertiary alicyclic amines) is 1. The van der Waals surface area contributed by atoms with Crippen LogP contribution in [0.2, 0.25) is 0 Å². The molecule has 0 aromatic carbocycles. The predicted molar refractivity (Wildman–Crippen MR) is 74.8 cm³/mol. The summed E-state index contributed by atoms with van der Waals surface area (Å²) in [5.41, 5.74) is 5.67. The third-order valence-corrected chi connectivity index (χ3v) is 4.09. The molecule has 5 heteroatoms. The highest BCUT2D eigenvalue weighted by Crippen LogP contribution is 2.25. The van der Waals surface area contributed by atoms with E-state index in [9.17, 15) is 4.79 Å². The summed E-state index contributed by atoms with van der Waals surface area (Å²) < 4.78 is 4.73. The number of carbonyl (C=O) groups is 1. The number of nitrogens with zero attached hydrogens (tertiary/aromatic N) is 1. The summed E-state index contributed by atoms with van der Waals surface area (Å²) in [7, 11) is 1.46. The molecule has 0 radical (unpaired) electrons. The summed E-state index contributed by atoms with van der Waals surface area (Å²) in [6.07, 6.45) is 5.28. The van der Waals surface area contributed by atoms with Gasteiger partial charge in [0, 0.05) is 44.7 Å². The van der Waals surface area contributed by atoms with Crippen molar-refractivity contribution in [3.05, 3.63) is 0 Å². The highest BCUT2D eigenvalue weighted by molar-refractivity contribution is 5.69. The molecule has 2 aliphatic rings. The number of nitrogens with one attached hydrogen (secondary N) is 1. The first kappa shape index (κ1) is 14.8. The first-order valence-corrected chi connectivity index (χ1v) is 7.46. The van der Waals surface area contributed by atoms with Crippen molar-refractivity contribution in [1.29, 1.82) is 0 Å². The van der Waals surface area contributed by atoms with Gasteiger partial charge in [-0.05, 0) is 31.6 Å². The van der Waals surface area contributed by atoms with E-state index in [0.717, 1.165) is 32.1 Å². The van der Waals surface area contributed by atoms with Crippen molar-refractivity contribution in [3.63, 3.8) is 0 Å². The Bertz CT molecular complexity index is 294. The first-order valence-electron chi connectivity index (χ1n) is 7.46. The molecular weight excluding hydrogens is 242 g/mol. The van der Waals surface area contributed by atoms with Crippen LogP contribution in [0.4, 0.5) is 0 Å². The van der Waals surface area contributed by atoms with Crippen molar-refractivity contribution >= 4 is 5.97 Å². The Morgan fingerprint density at radius 1 is 1.37 bits per heavy atom. The molecule has 1 aliphatic heterocycles. The molecule has 2 unspecified atom stereocenters. The van der Waals surface area contributed by atoms with Crippen LogP contribution in [0.3, 0.4) is 0 Å². The van der Waals surface area contributed by atoms with Gasteiger partial charge in [0.05, 0.1) is 7.11 Å². The lowest BCUT2D eigenvalue weighted by Gasteiger charge is -2.38. The molecule has 1 aliphatic carbocycles. The number of rotatable bonds is 7. The van der Waals surface area contributed by atoms with E-state index in [-0.39, 0.29) is 5.97 Å². The molecule has 0 spiro atoms. The fraction of sp³-hybridized carbons (Fsp3) is 0.929. The van der Waals surface area contributed by atoms with Gasteiger partial charge >= 0.3 is 5.97 Å². The second kappa shape index (κ2) is 7.22. The van der Waals surface area contributed by atoms with E-state index in [2.05, 4.69) is 10.2 Å². The number of methoxy groups -OCH3 is 1.